The predicted molar refractivity (Wildman–Crippen MR) is 77.0 cm³/mol. The maximum Gasteiger partial charge on any atom is 0.246 e. The average Bonchev–Trinajstić information content (AvgIpc) is 3.25. The van der Waals surface area contributed by atoms with Gasteiger partial charge in [0.1, 0.15) is 12.1 Å². The third-order valence-corrected chi connectivity index (χ3v) is 5.61. The van der Waals surface area contributed by atoms with Crippen LogP contribution in [0.1, 0.15) is 52.9 Å². The van der Waals surface area contributed by atoms with Crippen molar-refractivity contribution < 1.29 is 9.59 Å². The van der Waals surface area contributed by atoms with Crippen LogP contribution in [0.2, 0.25) is 0 Å². The van der Waals surface area contributed by atoms with Gasteiger partial charge in [-0.3, -0.25) is 9.59 Å². The average molecular weight is 278 g/mol. The van der Waals surface area contributed by atoms with Crippen molar-refractivity contribution in [3.8, 4) is 0 Å². The van der Waals surface area contributed by atoms with Crippen molar-refractivity contribution in [2.24, 2.45) is 17.3 Å². The Morgan fingerprint density at radius 1 is 1.30 bits per heavy atom. The number of hydrogen-bond donors (Lipinski definition) is 1. The minimum atomic E-state index is -0.256. The Hall–Kier alpha value is -1.06. The van der Waals surface area contributed by atoms with Gasteiger partial charge in [0.2, 0.25) is 11.8 Å². The number of amides is 2. The van der Waals surface area contributed by atoms with E-state index in [1.807, 2.05) is 11.8 Å². The Balaban J connectivity index is 1.80. The molecule has 1 aliphatic heterocycles. The monoisotopic (exact) mass is 278 g/mol. The van der Waals surface area contributed by atoms with E-state index in [9.17, 15) is 9.59 Å². The number of nitrogens with one attached hydrogen (secondary N) is 1. The van der Waals surface area contributed by atoms with E-state index in [0.29, 0.717) is 18.3 Å². The lowest BCUT2D eigenvalue weighted by Crippen LogP contribution is -2.64. The Labute approximate surface area is 121 Å². The van der Waals surface area contributed by atoms with Crippen LogP contribution in [0, 0.1) is 17.3 Å². The van der Waals surface area contributed by atoms with Crippen LogP contribution in [0.3, 0.4) is 0 Å². The Bertz CT molecular complexity index is 424. The van der Waals surface area contributed by atoms with Gasteiger partial charge in [0.25, 0.3) is 0 Å². The van der Waals surface area contributed by atoms with E-state index in [-0.39, 0.29) is 29.3 Å². The van der Waals surface area contributed by atoms with Gasteiger partial charge in [0.05, 0.1) is 0 Å². The standard InChI is InChI=1S/C16H26N2O2/c1-4-12-14(19)17-13(11-5-6-11)15(20)18(12)9-16(7-8-16)10(2)3/h10-13H,4-9H2,1-3H3,(H,17,19). The molecule has 0 aromatic carbocycles. The summed E-state index contributed by atoms with van der Waals surface area (Å²) in [5.41, 5.74) is 0.273. The molecular weight excluding hydrogens is 252 g/mol. The van der Waals surface area contributed by atoms with Crippen LogP contribution in [-0.2, 0) is 9.59 Å². The fourth-order valence-corrected chi connectivity index (χ4v) is 3.55. The first-order valence-electron chi connectivity index (χ1n) is 8.09. The molecule has 20 heavy (non-hydrogen) atoms. The molecule has 0 aromatic heterocycles. The van der Waals surface area contributed by atoms with Crippen LogP contribution < -0.4 is 5.32 Å². The molecule has 1 heterocycles. The van der Waals surface area contributed by atoms with Crippen LogP contribution in [0.5, 0.6) is 0 Å². The molecule has 0 aromatic rings. The quantitative estimate of drug-likeness (QED) is 0.835. The molecule has 2 unspecified atom stereocenters. The largest absolute Gasteiger partial charge is 0.342 e. The first kappa shape index (κ1) is 13.9. The van der Waals surface area contributed by atoms with Gasteiger partial charge in [0, 0.05) is 6.54 Å². The van der Waals surface area contributed by atoms with Gasteiger partial charge in [-0.1, -0.05) is 20.8 Å². The van der Waals surface area contributed by atoms with Gasteiger partial charge >= 0.3 is 0 Å². The second kappa shape index (κ2) is 4.74. The highest BCUT2D eigenvalue weighted by atomic mass is 16.2. The van der Waals surface area contributed by atoms with Crippen LogP contribution in [-0.4, -0.2) is 35.3 Å². The molecule has 2 saturated carbocycles. The molecule has 3 fully saturated rings. The highest BCUT2D eigenvalue weighted by Crippen LogP contribution is 2.53. The highest BCUT2D eigenvalue weighted by Gasteiger charge is 2.52. The molecule has 2 atom stereocenters. The van der Waals surface area contributed by atoms with E-state index in [4.69, 9.17) is 0 Å². The molecule has 0 radical (unpaired) electrons. The molecule has 1 saturated heterocycles. The summed E-state index contributed by atoms with van der Waals surface area (Å²) in [5, 5.41) is 2.96. The minimum Gasteiger partial charge on any atom is -0.342 e. The highest BCUT2D eigenvalue weighted by molar-refractivity contribution is 5.97. The number of carbonyl (C=O) groups excluding carboxylic acids is 2. The zero-order valence-electron chi connectivity index (χ0n) is 12.8. The van der Waals surface area contributed by atoms with Crippen molar-refractivity contribution >= 4 is 11.8 Å². The Morgan fingerprint density at radius 2 is 1.95 bits per heavy atom. The fourth-order valence-electron chi connectivity index (χ4n) is 3.55. The van der Waals surface area contributed by atoms with Crippen molar-refractivity contribution in [1.82, 2.24) is 10.2 Å². The third-order valence-electron chi connectivity index (χ3n) is 5.61. The zero-order chi connectivity index (χ0) is 14.5. The lowest BCUT2D eigenvalue weighted by molar-refractivity contribution is -0.151. The normalized spacial score (nSPS) is 32.5. The van der Waals surface area contributed by atoms with Crippen LogP contribution >= 0.6 is 0 Å². The Kier molecular flexibility index (Phi) is 3.30. The molecule has 0 bridgehead atoms. The summed E-state index contributed by atoms with van der Waals surface area (Å²) >= 11 is 0. The maximum atomic E-state index is 12.8. The number of carbonyl (C=O) groups is 2. The van der Waals surface area contributed by atoms with Crippen molar-refractivity contribution in [2.45, 2.75) is 65.0 Å². The molecular formula is C16H26N2O2. The van der Waals surface area contributed by atoms with Crippen molar-refractivity contribution in [2.75, 3.05) is 6.54 Å². The maximum absolute atomic E-state index is 12.8. The van der Waals surface area contributed by atoms with Crippen molar-refractivity contribution in [3.05, 3.63) is 0 Å². The first-order chi connectivity index (χ1) is 9.48. The summed E-state index contributed by atoms with van der Waals surface area (Å²) in [7, 11) is 0. The topological polar surface area (TPSA) is 49.4 Å². The summed E-state index contributed by atoms with van der Waals surface area (Å²) in [5.74, 6) is 1.20. The third kappa shape index (κ3) is 2.23. The van der Waals surface area contributed by atoms with E-state index in [2.05, 4.69) is 19.2 Å². The molecule has 4 nitrogen and oxygen atoms in total. The minimum absolute atomic E-state index is 0.0588. The lowest BCUT2D eigenvalue weighted by atomic mass is 9.90. The van der Waals surface area contributed by atoms with Crippen LogP contribution in [0.15, 0.2) is 0 Å². The van der Waals surface area contributed by atoms with Gasteiger partial charge < -0.3 is 10.2 Å². The summed E-state index contributed by atoms with van der Waals surface area (Å²) in [6.07, 6.45) is 5.26. The van der Waals surface area contributed by atoms with E-state index >= 15 is 0 Å². The summed E-state index contributed by atoms with van der Waals surface area (Å²) < 4.78 is 0. The predicted octanol–water partition coefficient (Wildman–Crippen LogP) is 1.94. The number of rotatable bonds is 5. The molecule has 1 N–H and O–H groups in total. The summed E-state index contributed by atoms with van der Waals surface area (Å²) in [4.78, 5) is 27.0. The molecule has 3 rings (SSSR count). The molecule has 2 aliphatic carbocycles. The molecule has 4 heteroatoms. The van der Waals surface area contributed by atoms with Crippen LogP contribution in [0.25, 0.3) is 0 Å². The fraction of sp³-hybridized carbons (Fsp3) is 0.875. The van der Waals surface area contributed by atoms with Gasteiger partial charge in [-0.25, -0.2) is 0 Å². The van der Waals surface area contributed by atoms with Crippen molar-refractivity contribution in [1.29, 1.82) is 0 Å². The molecule has 2 amide bonds. The van der Waals surface area contributed by atoms with Gasteiger partial charge in [-0.2, -0.15) is 0 Å². The van der Waals surface area contributed by atoms with E-state index in [1.165, 1.54) is 12.8 Å². The second-order valence-corrected chi connectivity index (χ2v) is 7.23. The smallest absolute Gasteiger partial charge is 0.246 e. The summed E-state index contributed by atoms with van der Waals surface area (Å²) in [6, 6.07) is -0.498. The SMILES string of the molecule is CCC1C(=O)NC(C2CC2)C(=O)N1CC1(C(C)C)CC1. The lowest BCUT2D eigenvalue weighted by Gasteiger charge is -2.41. The summed E-state index contributed by atoms with van der Waals surface area (Å²) in [6.45, 7) is 7.25. The number of nitrogens with zero attached hydrogens (tertiary/aromatic N) is 1. The number of hydrogen-bond acceptors (Lipinski definition) is 2. The van der Waals surface area contributed by atoms with E-state index in [1.54, 1.807) is 0 Å². The second-order valence-electron chi connectivity index (χ2n) is 7.23. The zero-order valence-corrected chi connectivity index (χ0v) is 12.8. The molecule has 3 aliphatic rings. The molecule has 0 spiro atoms. The molecule has 112 valence electrons. The number of piperazine rings is 1. The van der Waals surface area contributed by atoms with Crippen LogP contribution in [0.4, 0.5) is 0 Å². The van der Waals surface area contributed by atoms with Gasteiger partial charge in [-0.15, -0.1) is 0 Å². The Morgan fingerprint density at radius 3 is 2.40 bits per heavy atom. The van der Waals surface area contributed by atoms with Gasteiger partial charge in [-0.05, 0) is 49.4 Å². The first-order valence-corrected chi connectivity index (χ1v) is 8.09. The van der Waals surface area contributed by atoms with E-state index < -0.39 is 0 Å². The van der Waals surface area contributed by atoms with Gasteiger partial charge in [0.15, 0.2) is 0 Å². The van der Waals surface area contributed by atoms with Crippen molar-refractivity contribution in [3.63, 3.8) is 0 Å². The van der Waals surface area contributed by atoms with E-state index in [0.717, 1.165) is 19.4 Å².